The minimum atomic E-state index is -8.04. The average molecular weight is 410 g/mol. The van der Waals surface area contributed by atoms with Gasteiger partial charge in [-0.1, -0.05) is 6.58 Å². The molecule has 0 aromatic carbocycles. The maximum atomic E-state index is 12.3. The van der Waals surface area contributed by atoms with Crippen molar-refractivity contribution in [2.24, 2.45) is 0 Å². The van der Waals surface area contributed by atoms with E-state index < -0.39 is 42.0 Å². The molecule has 0 radical (unpaired) electrons. The SMILES string of the molecule is C=CC(=O)O.FC(F)(F)C(F)(F)C(F)(F)C(F)(F)C(F)(F)C(F)(F)F. The number of carboxylic acid groups (broad SMARTS) is 1. The molecule has 0 heterocycles. The molecule has 0 fully saturated rings. The van der Waals surface area contributed by atoms with Gasteiger partial charge in [0.15, 0.2) is 0 Å². The van der Waals surface area contributed by atoms with Gasteiger partial charge in [0.1, 0.15) is 0 Å². The van der Waals surface area contributed by atoms with Crippen molar-refractivity contribution in [3.63, 3.8) is 0 Å². The van der Waals surface area contributed by atoms with Crippen molar-refractivity contribution in [2.45, 2.75) is 36.0 Å². The van der Waals surface area contributed by atoms with Crippen molar-refractivity contribution in [3.8, 4) is 0 Å². The Kier molecular flexibility index (Phi) is 6.98. The fourth-order valence-electron chi connectivity index (χ4n) is 0.750. The monoisotopic (exact) mass is 410 g/mol. The molecular weight excluding hydrogens is 406 g/mol. The van der Waals surface area contributed by atoms with E-state index in [1.165, 1.54) is 0 Å². The van der Waals surface area contributed by atoms with Gasteiger partial charge in [0.2, 0.25) is 0 Å². The zero-order chi connectivity index (χ0) is 21.3. The van der Waals surface area contributed by atoms with E-state index in [-0.39, 0.29) is 0 Å². The Morgan fingerprint density at radius 1 is 0.600 bits per heavy atom. The van der Waals surface area contributed by atoms with Gasteiger partial charge in [-0.3, -0.25) is 0 Å². The van der Waals surface area contributed by atoms with Crippen molar-refractivity contribution in [3.05, 3.63) is 12.7 Å². The van der Waals surface area contributed by atoms with Crippen LogP contribution in [0.1, 0.15) is 0 Å². The van der Waals surface area contributed by atoms with E-state index in [9.17, 15) is 66.3 Å². The molecule has 0 amide bonds. The molecule has 0 saturated heterocycles. The van der Waals surface area contributed by atoms with Crippen LogP contribution in [0.25, 0.3) is 0 Å². The van der Waals surface area contributed by atoms with Crippen LogP contribution in [0.2, 0.25) is 0 Å². The number of hydrogen-bond acceptors (Lipinski definition) is 1. The number of carboxylic acids is 1. The maximum Gasteiger partial charge on any atom is 0.460 e. The van der Waals surface area contributed by atoms with Gasteiger partial charge in [0.25, 0.3) is 0 Å². The Hall–Kier alpha value is -1.77. The zero-order valence-electron chi connectivity index (χ0n) is 10.9. The van der Waals surface area contributed by atoms with E-state index in [2.05, 4.69) is 6.58 Å². The second kappa shape index (κ2) is 6.86. The first kappa shape index (κ1) is 25.5. The van der Waals surface area contributed by atoms with Crippen LogP contribution in [0.4, 0.5) is 61.5 Å². The second-order valence-electron chi connectivity index (χ2n) is 3.84. The molecule has 25 heavy (non-hydrogen) atoms. The van der Waals surface area contributed by atoms with Gasteiger partial charge in [-0.2, -0.15) is 61.5 Å². The Labute approximate surface area is 127 Å². The Bertz CT molecular complexity index is 450. The second-order valence-corrected chi connectivity index (χ2v) is 3.84. The van der Waals surface area contributed by atoms with Crippen molar-refractivity contribution in [1.82, 2.24) is 0 Å². The summed E-state index contributed by atoms with van der Waals surface area (Å²) in [5.74, 6) is -32.7. The zero-order valence-corrected chi connectivity index (χ0v) is 10.9. The van der Waals surface area contributed by atoms with Crippen molar-refractivity contribution >= 4 is 5.97 Å². The summed E-state index contributed by atoms with van der Waals surface area (Å²) in [6, 6.07) is 0. The number of halogens is 14. The van der Waals surface area contributed by atoms with Gasteiger partial charge in [-0.15, -0.1) is 0 Å². The molecule has 0 unspecified atom stereocenters. The summed E-state index contributed by atoms with van der Waals surface area (Å²) in [6.45, 7) is 2.96. The highest BCUT2D eigenvalue weighted by Crippen LogP contribution is 2.60. The molecule has 1 N–H and O–H groups in total. The van der Waals surface area contributed by atoms with Crippen LogP contribution < -0.4 is 0 Å². The first-order valence-corrected chi connectivity index (χ1v) is 5.02. The summed E-state index contributed by atoms with van der Waals surface area (Å²) < 4.78 is 166. The van der Waals surface area contributed by atoms with Crippen LogP contribution in [0.5, 0.6) is 0 Å². The molecule has 0 rings (SSSR count). The van der Waals surface area contributed by atoms with Crippen LogP contribution >= 0.6 is 0 Å². The van der Waals surface area contributed by atoms with Crippen molar-refractivity contribution in [2.75, 3.05) is 0 Å². The third-order valence-electron chi connectivity index (χ3n) is 2.07. The highest BCUT2D eigenvalue weighted by molar-refractivity contribution is 5.78. The molecule has 2 nitrogen and oxygen atoms in total. The molecule has 0 aliphatic heterocycles. The first-order chi connectivity index (χ1) is 10.5. The van der Waals surface area contributed by atoms with Crippen LogP contribution in [-0.4, -0.2) is 47.1 Å². The summed E-state index contributed by atoms with van der Waals surface area (Å²) in [5.41, 5.74) is 0. The van der Waals surface area contributed by atoms with E-state index in [0.717, 1.165) is 6.08 Å². The van der Waals surface area contributed by atoms with Gasteiger partial charge < -0.3 is 5.11 Å². The number of aliphatic carboxylic acids is 1. The summed E-state index contributed by atoms with van der Waals surface area (Å²) in [5, 5.41) is 7.60. The Balaban J connectivity index is 0. The molecule has 0 atom stereocenters. The van der Waals surface area contributed by atoms with E-state index in [0.29, 0.717) is 0 Å². The summed E-state index contributed by atoms with van der Waals surface area (Å²) >= 11 is 0. The first-order valence-electron chi connectivity index (χ1n) is 5.02. The van der Waals surface area contributed by atoms with Crippen molar-refractivity contribution < 1.29 is 71.4 Å². The van der Waals surface area contributed by atoms with Crippen LogP contribution in [0, 0.1) is 0 Å². The van der Waals surface area contributed by atoms with Gasteiger partial charge in [0.05, 0.1) is 0 Å². The highest BCUT2D eigenvalue weighted by Gasteiger charge is 2.91. The number of hydrogen-bond donors (Lipinski definition) is 1. The lowest BCUT2D eigenvalue weighted by Crippen LogP contribution is -2.69. The highest BCUT2D eigenvalue weighted by atomic mass is 19.4. The third-order valence-corrected chi connectivity index (χ3v) is 2.07. The van der Waals surface area contributed by atoms with Crippen LogP contribution in [0.15, 0.2) is 12.7 Å². The van der Waals surface area contributed by atoms with Crippen molar-refractivity contribution in [1.29, 1.82) is 0 Å². The lowest BCUT2D eigenvalue weighted by atomic mass is 9.98. The minimum Gasteiger partial charge on any atom is -0.478 e. The fourth-order valence-corrected chi connectivity index (χ4v) is 0.750. The molecular formula is C9H4F14O2. The molecule has 0 bridgehead atoms. The predicted molar refractivity (Wildman–Crippen MR) is 49.7 cm³/mol. The van der Waals surface area contributed by atoms with Gasteiger partial charge in [-0.05, 0) is 0 Å². The maximum absolute atomic E-state index is 12.3. The summed E-state index contributed by atoms with van der Waals surface area (Å²) in [4.78, 5) is 9.25. The molecule has 0 aliphatic rings. The lowest BCUT2D eigenvalue weighted by molar-refractivity contribution is -0.451. The predicted octanol–water partition coefficient (Wildman–Crippen LogP) is 4.91. The molecule has 0 aromatic rings. The van der Waals surface area contributed by atoms with Gasteiger partial charge in [0, 0.05) is 6.08 Å². The molecule has 150 valence electrons. The summed E-state index contributed by atoms with van der Waals surface area (Å²) in [6.07, 6.45) is -14.1. The lowest BCUT2D eigenvalue weighted by Gasteiger charge is -2.37. The van der Waals surface area contributed by atoms with Gasteiger partial charge in [-0.25, -0.2) is 4.79 Å². The normalized spacial score (nSPS) is 14.5. The third kappa shape index (κ3) is 4.45. The fraction of sp³-hybridized carbons (Fsp3) is 0.667. The van der Waals surface area contributed by atoms with Crippen LogP contribution in [0.3, 0.4) is 0 Å². The quantitative estimate of drug-likeness (QED) is 0.529. The van der Waals surface area contributed by atoms with E-state index >= 15 is 0 Å². The largest absolute Gasteiger partial charge is 0.478 e. The molecule has 16 heteroatoms. The minimum absolute atomic E-state index is 0.833. The van der Waals surface area contributed by atoms with E-state index in [1.807, 2.05) is 0 Å². The number of carbonyl (C=O) groups is 1. The smallest absolute Gasteiger partial charge is 0.460 e. The molecule has 0 aliphatic carbocycles. The van der Waals surface area contributed by atoms with Crippen LogP contribution in [-0.2, 0) is 4.79 Å². The van der Waals surface area contributed by atoms with E-state index in [1.54, 1.807) is 0 Å². The molecule has 0 aromatic heterocycles. The average Bonchev–Trinajstić information content (AvgIpc) is 2.35. The number of alkyl halides is 14. The number of rotatable bonds is 4. The Morgan fingerprint density at radius 2 is 0.760 bits per heavy atom. The topological polar surface area (TPSA) is 37.3 Å². The van der Waals surface area contributed by atoms with Gasteiger partial charge >= 0.3 is 42.0 Å². The molecule has 0 saturated carbocycles. The standard InChI is InChI=1S/C6F14.C3H4O2/c7-1(8,3(11,12)5(15,16)17)2(9,10)4(13,14)6(18,19)20;1-2-3(4)5/h;2H,1H2,(H,4,5). The van der Waals surface area contributed by atoms with E-state index in [4.69, 9.17) is 5.11 Å². The molecule has 0 spiro atoms. The Morgan fingerprint density at radius 3 is 0.840 bits per heavy atom. The summed E-state index contributed by atoms with van der Waals surface area (Å²) in [7, 11) is 0.